The summed E-state index contributed by atoms with van der Waals surface area (Å²) in [4.78, 5) is 11.0. The lowest BCUT2D eigenvalue weighted by atomic mass is 10.1. The number of amides is 1. The molecule has 0 bridgehead atoms. The molecule has 0 radical (unpaired) electrons. The fraction of sp³-hybridized carbons (Fsp3) is 0.364. The number of aryl methyl sites for hydroxylation is 1. The number of anilines is 1. The molecule has 0 saturated carbocycles. The van der Waals surface area contributed by atoms with E-state index in [1.165, 1.54) is 12.1 Å². The summed E-state index contributed by atoms with van der Waals surface area (Å²) >= 11 is 0. The molecule has 0 heterocycles. The zero-order valence-electron chi connectivity index (χ0n) is 9.01. The number of hydrogen-bond donors (Lipinski definition) is 1. The molecule has 0 unspecified atom stereocenters. The maximum atomic E-state index is 12.7. The van der Waals surface area contributed by atoms with Crippen LogP contribution in [0.4, 0.5) is 23.2 Å². The monoisotopic (exact) mass is 249 g/mol. The van der Waals surface area contributed by atoms with Crippen molar-refractivity contribution in [2.24, 2.45) is 0 Å². The van der Waals surface area contributed by atoms with Crippen LogP contribution < -0.4 is 5.32 Å². The van der Waals surface area contributed by atoms with Gasteiger partial charge in [-0.3, -0.25) is 4.79 Å². The predicted molar refractivity (Wildman–Crippen MR) is 55.4 cm³/mol. The molecule has 0 spiro atoms. The zero-order chi connectivity index (χ0) is 13.1. The molecular weight excluding hydrogens is 238 g/mol. The lowest BCUT2D eigenvalue weighted by Gasteiger charge is -2.16. The lowest BCUT2D eigenvalue weighted by Crippen LogP contribution is -2.41. The van der Waals surface area contributed by atoms with Crippen molar-refractivity contribution in [3.8, 4) is 0 Å². The summed E-state index contributed by atoms with van der Waals surface area (Å²) < 4.78 is 49.3. The minimum absolute atomic E-state index is 0.125. The summed E-state index contributed by atoms with van der Waals surface area (Å²) in [5, 5.41) is 1.81. The second kappa shape index (κ2) is 5.16. The Labute approximate surface area is 95.6 Å². The molecular formula is C11H11F4NO. The average Bonchev–Trinajstić information content (AvgIpc) is 2.29. The molecule has 0 atom stereocenters. The van der Waals surface area contributed by atoms with Gasteiger partial charge in [-0.2, -0.15) is 8.78 Å². The smallest absolute Gasteiger partial charge is 0.320 e. The number of nitrogens with one attached hydrogen (secondary N) is 1. The lowest BCUT2D eigenvalue weighted by molar-refractivity contribution is -0.163. The second-order valence-electron chi connectivity index (χ2n) is 3.39. The van der Waals surface area contributed by atoms with Crippen molar-refractivity contribution in [1.29, 1.82) is 0 Å². The molecule has 1 rings (SSSR count). The molecule has 17 heavy (non-hydrogen) atoms. The van der Waals surface area contributed by atoms with E-state index in [9.17, 15) is 22.4 Å². The SMILES string of the molecule is CCc1ccccc1NC(=O)C(F)(F)C(F)F. The van der Waals surface area contributed by atoms with Crippen LogP contribution in [0.2, 0.25) is 0 Å². The van der Waals surface area contributed by atoms with E-state index in [2.05, 4.69) is 0 Å². The average molecular weight is 249 g/mol. The van der Waals surface area contributed by atoms with Gasteiger partial charge in [0.15, 0.2) is 0 Å². The van der Waals surface area contributed by atoms with Crippen molar-refractivity contribution in [1.82, 2.24) is 0 Å². The second-order valence-corrected chi connectivity index (χ2v) is 3.39. The van der Waals surface area contributed by atoms with Crippen LogP contribution >= 0.6 is 0 Å². The highest BCUT2D eigenvalue weighted by Gasteiger charge is 2.49. The Hall–Kier alpha value is -1.59. The van der Waals surface area contributed by atoms with Crippen LogP contribution in [-0.4, -0.2) is 18.3 Å². The molecule has 0 aromatic heterocycles. The highest BCUT2D eigenvalue weighted by molar-refractivity contribution is 5.97. The van der Waals surface area contributed by atoms with Crippen LogP contribution in [0.25, 0.3) is 0 Å². The molecule has 2 nitrogen and oxygen atoms in total. The van der Waals surface area contributed by atoms with Gasteiger partial charge in [-0.1, -0.05) is 25.1 Å². The summed E-state index contributed by atoms with van der Waals surface area (Å²) in [6, 6.07) is 6.20. The Bertz CT molecular complexity index is 406. The zero-order valence-corrected chi connectivity index (χ0v) is 9.01. The number of carbonyl (C=O) groups excluding carboxylic acids is 1. The van der Waals surface area contributed by atoms with Crippen molar-refractivity contribution in [2.45, 2.75) is 25.7 Å². The Morgan fingerprint density at radius 3 is 2.47 bits per heavy atom. The maximum Gasteiger partial charge on any atom is 0.383 e. The Kier molecular flexibility index (Phi) is 4.09. The highest BCUT2D eigenvalue weighted by Crippen LogP contribution is 2.25. The minimum atomic E-state index is -4.68. The van der Waals surface area contributed by atoms with E-state index in [0.29, 0.717) is 12.0 Å². The van der Waals surface area contributed by atoms with E-state index in [-0.39, 0.29) is 5.69 Å². The molecule has 1 N–H and O–H groups in total. The van der Waals surface area contributed by atoms with E-state index in [1.807, 2.05) is 5.32 Å². The van der Waals surface area contributed by atoms with Gasteiger partial charge in [0.1, 0.15) is 0 Å². The van der Waals surface area contributed by atoms with E-state index < -0.39 is 18.3 Å². The standard InChI is InChI=1S/C11H11F4NO/c1-2-7-5-3-4-6-8(7)16-10(17)11(14,15)9(12)13/h3-6,9H,2H2,1H3,(H,16,17). The normalized spacial score (nSPS) is 11.6. The Balaban J connectivity index is 2.88. The van der Waals surface area contributed by atoms with Crippen LogP contribution in [0, 0.1) is 0 Å². The van der Waals surface area contributed by atoms with E-state index in [1.54, 1.807) is 19.1 Å². The van der Waals surface area contributed by atoms with Gasteiger partial charge in [0.25, 0.3) is 0 Å². The van der Waals surface area contributed by atoms with E-state index in [0.717, 1.165) is 0 Å². The summed E-state index contributed by atoms with van der Waals surface area (Å²) in [5.74, 6) is -6.67. The van der Waals surface area contributed by atoms with Gasteiger partial charge >= 0.3 is 18.3 Å². The number of alkyl halides is 4. The third-order valence-electron chi connectivity index (χ3n) is 2.22. The van der Waals surface area contributed by atoms with E-state index >= 15 is 0 Å². The van der Waals surface area contributed by atoms with Gasteiger partial charge in [-0.05, 0) is 18.1 Å². The van der Waals surface area contributed by atoms with Gasteiger partial charge < -0.3 is 5.32 Å². The summed E-state index contributed by atoms with van der Waals surface area (Å²) in [7, 11) is 0. The fourth-order valence-corrected chi connectivity index (χ4v) is 1.26. The fourth-order valence-electron chi connectivity index (χ4n) is 1.26. The summed E-state index contributed by atoms with van der Waals surface area (Å²) in [5.41, 5.74) is 0.728. The molecule has 0 saturated heterocycles. The van der Waals surface area contributed by atoms with Gasteiger partial charge in [0.2, 0.25) is 0 Å². The van der Waals surface area contributed by atoms with Gasteiger partial charge in [0, 0.05) is 5.69 Å². The number of halogens is 4. The first-order valence-electron chi connectivity index (χ1n) is 4.95. The first kappa shape index (κ1) is 13.5. The predicted octanol–water partition coefficient (Wildman–Crippen LogP) is 3.09. The van der Waals surface area contributed by atoms with Crippen LogP contribution in [-0.2, 0) is 11.2 Å². The Morgan fingerprint density at radius 1 is 1.35 bits per heavy atom. The van der Waals surface area contributed by atoms with E-state index in [4.69, 9.17) is 0 Å². The molecule has 94 valence electrons. The quantitative estimate of drug-likeness (QED) is 0.816. The van der Waals surface area contributed by atoms with Gasteiger partial charge in [0.05, 0.1) is 0 Å². The first-order chi connectivity index (χ1) is 7.89. The third-order valence-corrected chi connectivity index (χ3v) is 2.22. The summed E-state index contributed by atoms with van der Waals surface area (Å²) in [6.07, 6.45) is -3.52. The highest BCUT2D eigenvalue weighted by atomic mass is 19.3. The van der Waals surface area contributed by atoms with Crippen molar-refractivity contribution in [3.05, 3.63) is 29.8 Å². The largest absolute Gasteiger partial charge is 0.383 e. The molecule has 0 aliphatic heterocycles. The molecule has 1 amide bonds. The number of carbonyl (C=O) groups is 1. The molecule has 0 aliphatic carbocycles. The minimum Gasteiger partial charge on any atom is -0.320 e. The molecule has 6 heteroatoms. The van der Waals surface area contributed by atoms with Gasteiger partial charge in [-0.25, -0.2) is 8.78 Å². The molecule has 1 aromatic rings. The van der Waals surface area contributed by atoms with Crippen LogP contribution in [0.15, 0.2) is 24.3 Å². The van der Waals surface area contributed by atoms with Crippen molar-refractivity contribution < 1.29 is 22.4 Å². The Morgan fingerprint density at radius 2 is 1.94 bits per heavy atom. The number of para-hydroxylation sites is 1. The topological polar surface area (TPSA) is 29.1 Å². The molecule has 0 aliphatic rings. The van der Waals surface area contributed by atoms with Gasteiger partial charge in [-0.15, -0.1) is 0 Å². The molecule has 0 fully saturated rings. The number of rotatable bonds is 4. The van der Waals surface area contributed by atoms with Crippen LogP contribution in [0.1, 0.15) is 12.5 Å². The number of hydrogen-bond acceptors (Lipinski definition) is 1. The van der Waals surface area contributed by atoms with Crippen molar-refractivity contribution in [3.63, 3.8) is 0 Å². The first-order valence-corrected chi connectivity index (χ1v) is 4.95. The van der Waals surface area contributed by atoms with Crippen molar-refractivity contribution >= 4 is 11.6 Å². The number of benzene rings is 1. The van der Waals surface area contributed by atoms with Crippen LogP contribution in [0.5, 0.6) is 0 Å². The summed E-state index contributed by atoms with van der Waals surface area (Å²) in [6.45, 7) is 1.76. The van der Waals surface area contributed by atoms with Crippen LogP contribution in [0.3, 0.4) is 0 Å². The van der Waals surface area contributed by atoms with Crippen molar-refractivity contribution in [2.75, 3.05) is 5.32 Å². The maximum absolute atomic E-state index is 12.7. The molecule has 1 aromatic carbocycles. The third kappa shape index (κ3) is 2.95.